The Labute approximate surface area is 138 Å². The molecule has 3 rings (SSSR count). The van der Waals surface area contributed by atoms with Gasteiger partial charge < -0.3 is 10.4 Å². The van der Waals surface area contributed by atoms with Gasteiger partial charge in [-0.15, -0.1) is 0 Å². The fourth-order valence-electron chi connectivity index (χ4n) is 3.10. The second kappa shape index (κ2) is 6.09. The summed E-state index contributed by atoms with van der Waals surface area (Å²) in [6.45, 7) is 1.90. The van der Waals surface area contributed by atoms with Gasteiger partial charge in [0, 0.05) is 31.0 Å². The fraction of sp³-hybridized carbons (Fsp3) is 0.444. The molecule has 1 aromatic heterocycles. The number of carbonyl (C=O) groups is 1. The van der Waals surface area contributed by atoms with E-state index in [9.17, 15) is 18.7 Å². The van der Waals surface area contributed by atoms with Crippen molar-refractivity contribution in [2.75, 3.05) is 6.54 Å². The molecule has 1 saturated carbocycles. The number of amides is 1. The van der Waals surface area contributed by atoms with Gasteiger partial charge in [0.05, 0.1) is 16.7 Å². The zero-order valence-electron chi connectivity index (χ0n) is 13.5. The molecule has 0 saturated heterocycles. The van der Waals surface area contributed by atoms with Crippen molar-refractivity contribution in [1.29, 1.82) is 0 Å². The lowest BCUT2D eigenvalue weighted by atomic mass is 9.82. The Morgan fingerprint density at radius 2 is 1.96 bits per heavy atom. The molecular weight excluding hydrogens is 314 g/mol. The molecule has 1 aliphatic rings. The summed E-state index contributed by atoms with van der Waals surface area (Å²) in [5.41, 5.74) is 0.756. The molecule has 128 valence electrons. The minimum atomic E-state index is -2.71. The summed E-state index contributed by atoms with van der Waals surface area (Å²) in [6.07, 6.45) is 0.873. The summed E-state index contributed by atoms with van der Waals surface area (Å²) >= 11 is 0. The van der Waals surface area contributed by atoms with E-state index in [2.05, 4.69) is 10.3 Å². The molecule has 0 spiro atoms. The third-order valence-electron chi connectivity index (χ3n) is 4.72. The maximum Gasteiger partial charge on any atom is 0.253 e. The first-order chi connectivity index (χ1) is 11.3. The lowest BCUT2D eigenvalue weighted by molar-refractivity contribution is -0.101. The van der Waals surface area contributed by atoms with E-state index >= 15 is 0 Å². The Hall–Kier alpha value is -2.08. The predicted octanol–water partition coefficient (Wildman–Crippen LogP) is 3.21. The number of hydrogen-bond donors (Lipinski definition) is 2. The van der Waals surface area contributed by atoms with Gasteiger partial charge in [0.25, 0.3) is 5.91 Å². The van der Waals surface area contributed by atoms with E-state index in [1.165, 1.54) is 0 Å². The fourth-order valence-corrected chi connectivity index (χ4v) is 3.10. The van der Waals surface area contributed by atoms with E-state index in [0.29, 0.717) is 11.1 Å². The third-order valence-corrected chi connectivity index (χ3v) is 4.72. The van der Waals surface area contributed by atoms with Crippen LogP contribution >= 0.6 is 0 Å². The van der Waals surface area contributed by atoms with Gasteiger partial charge >= 0.3 is 0 Å². The van der Waals surface area contributed by atoms with Crippen LogP contribution in [0.15, 0.2) is 30.5 Å². The van der Waals surface area contributed by atoms with Crippen molar-refractivity contribution >= 4 is 16.8 Å². The van der Waals surface area contributed by atoms with Crippen LogP contribution in [0.3, 0.4) is 0 Å². The molecule has 0 atom stereocenters. The maximum absolute atomic E-state index is 13.2. The van der Waals surface area contributed by atoms with Crippen LogP contribution in [-0.4, -0.2) is 34.1 Å². The Balaban J connectivity index is 1.73. The number of alkyl halides is 2. The molecule has 1 aromatic carbocycles. The van der Waals surface area contributed by atoms with Crippen molar-refractivity contribution in [2.45, 2.75) is 44.1 Å². The van der Waals surface area contributed by atoms with Gasteiger partial charge in [0.15, 0.2) is 0 Å². The number of nitrogens with zero attached hydrogens (tertiary/aromatic N) is 1. The topological polar surface area (TPSA) is 62.2 Å². The molecule has 24 heavy (non-hydrogen) atoms. The lowest BCUT2D eigenvalue weighted by Gasteiger charge is -2.35. The lowest BCUT2D eigenvalue weighted by Crippen LogP contribution is -2.47. The first-order valence-corrected chi connectivity index (χ1v) is 8.02. The molecular formula is C18H20F2N2O2. The second-order valence-corrected chi connectivity index (χ2v) is 6.59. The van der Waals surface area contributed by atoms with Gasteiger partial charge in [-0.1, -0.05) is 12.1 Å². The van der Waals surface area contributed by atoms with Crippen molar-refractivity contribution in [3.8, 4) is 0 Å². The van der Waals surface area contributed by atoms with E-state index in [0.717, 1.165) is 10.9 Å². The minimum Gasteiger partial charge on any atom is -0.388 e. The maximum atomic E-state index is 13.2. The Kier molecular flexibility index (Phi) is 4.25. The summed E-state index contributed by atoms with van der Waals surface area (Å²) in [7, 11) is 0. The van der Waals surface area contributed by atoms with E-state index in [1.54, 1.807) is 12.3 Å². The zero-order chi connectivity index (χ0) is 17.4. The molecule has 1 aliphatic carbocycles. The molecule has 4 nitrogen and oxygen atoms in total. The Morgan fingerprint density at radius 1 is 1.25 bits per heavy atom. The first-order valence-electron chi connectivity index (χ1n) is 8.02. The van der Waals surface area contributed by atoms with Crippen LogP contribution in [-0.2, 0) is 0 Å². The monoisotopic (exact) mass is 334 g/mol. The van der Waals surface area contributed by atoms with Crippen LogP contribution < -0.4 is 5.32 Å². The molecule has 2 aromatic rings. The third kappa shape index (κ3) is 3.38. The highest BCUT2D eigenvalue weighted by molar-refractivity contribution is 6.06. The number of benzene rings is 1. The summed E-state index contributed by atoms with van der Waals surface area (Å²) in [5.74, 6) is -3.07. The molecule has 1 fully saturated rings. The zero-order valence-corrected chi connectivity index (χ0v) is 13.5. The first kappa shape index (κ1) is 16.8. The van der Waals surface area contributed by atoms with Gasteiger partial charge in [0.1, 0.15) is 0 Å². The van der Waals surface area contributed by atoms with Crippen LogP contribution in [0.5, 0.6) is 0 Å². The molecule has 1 heterocycles. The summed E-state index contributed by atoms with van der Waals surface area (Å²) in [5, 5.41) is 14.0. The summed E-state index contributed by atoms with van der Waals surface area (Å²) in [6, 6.07) is 7.24. The average molecular weight is 334 g/mol. The quantitative estimate of drug-likeness (QED) is 0.906. The van der Waals surface area contributed by atoms with Crippen molar-refractivity contribution in [2.24, 2.45) is 0 Å². The molecule has 0 radical (unpaired) electrons. The van der Waals surface area contributed by atoms with Gasteiger partial charge in [-0.2, -0.15) is 0 Å². The largest absolute Gasteiger partial charge is 0.388 e. The van der Waals surface area contributed by atoms with E-state index < -0.39 is 11.5 Å². The standard InChI is InChI=1S/C18H20F2N2O2/c1-12-4-5-14(15-13(12)3-2-10-21-15)16(23)22-11-17(24)6-8-18(19,20)9-7-17/h2-5,10,24H,6-9,11H2,1H3,(H,22,23). The highest BCUT2D eigenvalue weighted by Gasteiger charge is 2.42. The van der Waals surface area contributed by atoms with E-state index in [-0.39, 0.29) is 38.1 Å². The van der Waals surface area contributed by atoms with Gasteiger partial charge in [0.2, 0.25) is 5.92 Å². The average Bonchev–Trinajstić information content (AvgIpc) is 2.57. The summed E-state index contributed by atoms with van der Waals surface area (Å²) < 4.78 is 26.4. The number of aryl methyl sites for hydroxylation is 1. The SMILES string of the molecule is Cc1ccc(C(=O)NCC2(O)CCC(F)(F)CC2)c2ncccc12. The van der Waals surface area contributed by atoms with Crippen molar-refractivity contribution in [3.05, 3.63) is 41.6 Å². The number of nitrogens with one attached hydrogen (secondary N) is 1. The number of pyridine rings is 1. The van der Waals surface area contributed by atoms with E-state index in [1.807, 2.05) is 25.1 Å². The van der Waals surface area contributed by atoms with Crippen LogP contribution in [0.25, 0.3) is 10.9 Å². The number of aliphatic hydroxyl groups is 1. The van der Waals surface area contributed by atoms with Gasteiger partial charge in [-0.3, -0.25) is 9.78 Å². The molecule has 2 N–H and O–H groups in total. The highest BCUT2D eigenvalue weighted by atomic mass is 19.3. The van der Waals surface area contributed by atoms with Gasteiger partial charge in [-0.25, -0.2) is 8.78 Å². The molecule has 6 heteroatoms. The Bertz CT molecular complexity index is 767. The summed E-state index contributed by atoms with van der Waals surface area (Å²) in [4.78, 5) is 16.7. The highest BCUT2D eigenvalue weighted by Crippen LogP contribution is 2.38. The Morgan fingerprint density at radius 3 is 2.67 bits per heavy atom. The van der Waals surface area contributed by atoms with Crippen molar-refractivity contribution in [3.63, 3.8) is 0 Å². The number of carbonyl (C=O) groups excluding carboxylic acids is 1. The smallest absolute Gasteiger partial charge is 0.253 e. The number of hydrogen-bond acceptors (Lipinski definition) is 3. The number of aromatic nitrogens is 1. The predicted molar refractivity (Wildman–Crippen MR) is 87.2 cm³/mol. The number of rotatable bonds is 3. The minimum absolute atomic E-state index is 0.0207. The second-order valence-electron chi connectivity index (χ2n) is 6.59. The number of fused-ring (bicyclic) bond motifs is 1. The number of halogens is 2. The van der Waals surface area contributed by atoms with Crippen LogP contribution in [0.1, 0.15) is 41.6 Å². The van der Waals surface area contributed by atoms with E-state index in [4.69, 9.17) is 0 Å². The van der Waals surface area contributed by atoms with Crippen molar-refractivity contribution < 1.29 is 18.7 Å². The van der Waals surface area contributed by atoms with Crippen molar-refractivity contribution in [1.82, 2.24) is 10.3 Å². The van der Waals surface area contributed by atoms with Crippen LogP contribution in [0.2, 0.25) is 0 Å². The molecule has 0 bridgehead atoms. The molecule has 0 aliphatic heterocycles. The normalized spacial score (nSPS) is 19.2. The van der Waals surface area contributed by atoms with Gasteiger partial charge in [-0.05, 0) is 37.5 Å². The molecule has 0 unspecified atom stereocenters. The molecule has 1 amide bonds. The van der Waals surface area contributed by atoms with Crippen LogP contribution in [0.4, 0.5) is 8.78 Å². The van der Waals surface area contributed by atoms with Crippen LogP contribution in [0, 0.1) is 6.92 Å².